The molecule has 0 aliphatic rings. The molecule has 1 N–H and O–H groups in total. The number of amides is 1. The number of benzene rings is 1. The highest BCUT2D eigenvalue weighted by molar-refractivity contribution is 5.94. The van der Waals surface area contributed by atoms with Gasteiger partial charge in [0.2, 0.25) is 0 Å². The van der Waals surface area contributed by atoms with E-state index in [2.05, 4.69) is 12.2 Å². The third-order valence-electron chi connectivity index (χ3n) is 1.80. The Bertz CT molecular complexity index is 359. The summed E-state index contributed by atoms with van der Waals surface area (Å²) < 4.78 is 0. The van der Waals surface area contributed by atoms with E-state index in [1.165, 1.54) is 24.3 Å². The van der Waals surface area contributed by atoms with E-state index < -0.39 is 4.92 Å². The summed E-state index contributed by atoms with van der Waals surface area (Å²) in [5, 5.41) is 13.0. The lowest BCUT2D eigenvalue weighted by Gasteiger charge is -2.02. The van der Waals surface area contributed by atoms with Crippen molar-refractivity contribution in [3.8, 4) is 0 Å². The Labute approximate surface area is 87.3 Å². The Morgan fingerprint density at radius 1 is 1.40 bits per heavy atom. The summed E-state index contributed by atoms with van der Waals surface area (Å²) in [5.74, 6) is -0.242. The Morgan fingerprint density at radius 3 is 2.47 bits per heavy atom. The van der Waals surface area contributed by atoms with Gasteiger partial charge in [0.25, 0.3) is 11.6 Å². The topological polar surface area (TPSA) is 72.2 Å². The number of nitrogens with one attached hydrogen (secondary N) is 1. The molecule has 0 spiro atoms. The van der Waals surface area contributed by atoms with Gasteiger partial charge in [-0.3, -0.25) is 14.9 Å². The zero-order chi connectivity index (χ0) is 11.3. The number of nitro benzene ring substituents is 1. The fourth-order valence-corrected chi connectivity index (χ4v) is 1.04. The average Bonchev–Trinajstić information content (AvgIpc) is 2.26. The first-order valence-electron chi connectivity index (χ1n) is 4.47. The largest absolute Gasteiger partial charge is 0.352 e. The maximum Gasteiger partial charge on any atom is 0.269 e. The van der Waals surface area contributed by atoms with Crippen LogP contribution >= 0.6 is 0 Å². The van der Waals surface area contributed by atoms with Gasteiger partial charge in [-0.05, 0) is 18.6 Å². The lowest BCUT2D eigenvalue weighted by atomic mass is 10.2. The smallest absolute Gasteiger partial charge is 0.269 e. The van der Waals surface area contributed by atoms with E-state index in [1.807, 2.05) is 0 Å². The van der Waals surface area contributed by atoms with E-state index in [9.17, 15) is 14.9 Å². The number of carbonyl (C=O) groups excluding carboxylic acids is 1. The second-order valence-electron chi connectivity index (χ2n) is 2.91. The van der Waals surface area contributed by atoms with Crippen LogP contribution in [0.1, 0.15) is 16.8 Å². The molecule has 0 unspecified atom stereocenters. The fourth-order valence-electron chi connectivity index (χ4n) is 1.04. The van der Waals surface area contributed by atoms with E-state index in [0.717, 1.165) is 0 Å². The van der Waals surface area contributed by atoms with Crippen LogP contribution in [-0.4, -0.2) is 17.4 Å². The van der Waals surface area contributed by atoms with Crippen molar-refractivity contribution in [2.24, 2.45) is 0 Å². The van der Waals surface area contributed by atoms with Crippen LogP contribution in [0.5, 0.6) is 0 Å². The summed E-state index contributed by atoms with van der Waals surface area (Å²) in [7, 11) is 0. The van der Waals surface area contributed by atoms with Gasteiger partial charge in [0.1, 0.15) is 0 Å². The standard InChI is InChI=1S/C10H11N2O3/c1-2-7-11-10(13)8-3-5-9(6-4-8)12(14)15/h3-6H,1-2,7H2,(H,11,13). The number of nitrogens with zero attached hydrogens (tertiary/aromatic N) is 1. The SMILES string of the molecule is [CH2]CCNC(=O)c1ccc([N+](=O)[O-])cc1. The van der Waals surface area contributed by atoms with Crippen molar-refractivity contribution >= 4 is 11.6 Å². The van der Waals surface area contributed by atoms with Crippen LogP contribution in [-0.2, 0) is 0 Å². The van der Waals surface area contributed by atoms with Gasteiger partial charge in [0, 0.05) is 24.2 Å². The minimum Gasteiger partial charge on any atom is -0.352 e. The first kappa shape index (κ1) is 11.2. The summed E-state index contributed by atoms with van der Waals surface area (Å²) in [6.45, 7) is 4.08. The number of non-ortho nitro benzene ring substituents is 1. The second kappa shape index (κ2) is 5.09. The molecule has 1 rings (SSSR count). The molecule has 1 amide bonds. The van der Waals surface area contributed by atoms with Crippen molar-refractivity contribution in [1.29, 1.82) is 0 Å². The molecule has 0 atom stereocenters. The minimum absolute atomic E-state index is 0.0243. The predicted molar refractivity (Wildman–Crippen MR) is 55.4 cm³/mol. The zero-order valence-electron chi connectivity index (χ0n) is 8.10. The highest BCUT2D eigenvalue weighted by Crippen LogP contribution is 2.11. The van der Waals surface area contributed by atoms with Gasteiger partial charge in [-0.15, -0.1) is 0 Å². The minimum atomic E-state index is -0.502. The van der Waals surface area contributed by atoms with Gasteiger partial charge in [-0.1, -0.05) is 6.92 Å². The second-order valence-corrected chi connectivity index (χ2v) is 2.91. The van der Waals surface area contributed by atoms with Crippen molar-refractivity contribution in [1.82, 2.24) is 5.32 Å². The van der Waals surface area contributed by atoms with Gasteiger partial charge in [-0.25, -0.2) is 0 Å². The van der Waals surface area contributed by atoms with Crippen LogP contribution in [0.15, 0.2) is 24.3 Å². The number of rotatable bonds is 4. The van der Waals surface area contributed by atoms with E-state index >= 15 is 0 Å². The Balaban J connectivity index is 2.71. The molecule has 15 heavy (non-hydrogen) atoms. The fraction of sp³-hybridized carbons (Fsp3) is 0.200. The third kappa shape index (κ3) is 3.05. The summed E-state index contributed by atoms with van der Waals surface area (Å²) in [4.78, 5) is 21.2. The predicted octanol–water partition coefficient (Wildman–Crippen LogP) is 1.55. The molecule has 5 nitrogen and oxygen atoms in total. The van der Waals surface area contributed by atoms with Crippen molar-refractivity contribution in [3.63, 3.8) is 0 Å². The van der Waals surface area contributed by atoms with Crippen molar-refractivity contribution in [3.05, 3.63) is 46.9 Å². The van der Waals surface area contributed by atoms with E-state index in [4.69, 9.17) is 0 Å². The lowest BCUT2D eigenvalue weighted by Crippen LogP contribution is -2.23. The Hall–Kier alpha value is -1.91. The zero-order valence-corrected chi connectivity index (χ0v) is 8.10. The van der Waals surface area contributed by atoms with E-state index in [1.54, 1.807) is 0 Å². The molecule has 0 bridgehead atoms. The summed E-state index contributed by atoms with van der Waals surface area (Å²) in [6, 6.07) is 5.46. The van der Waals surface area contributed by atoms with Gasteiger partial charge < -0.3 is 5.32 Å². The van der Waals surface area contributed by atoms with Gasteiger partial charge in [0.15, 0.2) is 0 Å². The molecule has 0 fully saturated rings. The van der Waals surface area contributed by atoms with Crippen LogP contribution in [0.25, 0.3) is 0 Å². The maximum absolute atomic E-state index is 11.4. The van der Waals surface area contributed by atoms with Gasteiger partial charge in [0.05, 0.1) is 4.92 Å². The number of hydrogen-bond acceptors (Lipinski definition) is 3. The van der Waals surface area contributed by atoms with Crippen molar-refractivity contribution < 1.29 is 9.72 Å². The molecule has 1 aromatic carbocycles. The molecule has 1 aromatic rings. The molecule has 0 saturated carbocycles. The van der Waals surface area contributed by atoms with Crippen LogP contribution in [0, 0.1) is 17.0 Å². The molecular weight excluding hydrogens is 196 g/mol. The molecule has 5 heteroatoms. The maximum atomic E-state index is 11.4. The summed E-state index contributed by atoms with van der Waals surface area (Å²) in [6.07, 6.45) is 0.610. The molecule has 1 radical (unpaired) electrons. The third-order valence-corrected chi connectivity index (χ3v) is 1.80. The molecule has 0 aromatic heterocycles. The van der Waals surface area contributed by atoms with Crippen molar-refractivity contribution in [2.75, 3.05) is 6.54 Å². The van der Waals surface area contributed by atoms with Gasteiger partial charge in [-0.2, -0.15) is 0 Å². The molecular formula is C10H11N2O3. The molecule has 79 valence electrons. The number of hydrogen-bond donors (Lipinski definition) is 1. The average molecular weight is 207 g/mol. The number of carbonyl (C=O) groups is 1. The van der Waals surface area contributed by atoms with Crippen LogP contribution in [0.4, 0.5) is 5.69 Å². The lowest BCUT2D eigenvalue weighted by molar-refractivity contribution is -0.384. The van der Waals surface area contributed by atoms with Crippen molar-refractivity contribution in [2.45, 2.75) is 6.42 Å². The normalized spacial score (nSPS) is 9.67. The highest BCUT2D eigenvalue weighted by atomic mass is 16.6. The molecule has 0 heterocycles. The first-order chi connectivity index (χ1) is 7.15. The summed E-state index contributed by atoms with van der Waals surface area (Å²) in [5.41, 5.74) is 0.387. The van der Waals surface area contributed by atoms with Crippen LogP contribution < -0.4 is 5.32 Å². The van der Waals surface area contributed by atoms with Crippen LogP contribution in [0.3, 0.4) is 0 Å². The van der Waals surface area contributed by atoms with Gasteiger partial charge >= 0.3 is 0 Å². The molecule has 0 saturated heterocycles. The monoisotopic (exact) mass is 207 g/mol. The first-order valence-corrected chi connectivity index (χ1v) is 4.47. The quantitative estimate of drug-likeness (QED) is 0.601. The number of nitro groups is 1. The summed E-state index contributed by atoms with van der Waals surface area (Å²) >= 11 is 0. The molecule has 0 aliphatic heterocycles. The molecule has 0 aliphatic carbocycles. The Morgan fingerprint density at radius 2 is 2.00 bits per heavy atom. The Kier molecular flexibility index (Phi) is 3.79. The van der Waals surface area contributed by atoms with E-state index in [0.29, 0.717) is 18.5 Å². The van der Waals surface area contributed by atoms with Crippen LogP contribution in [0.2, 0.25) is 0 Å². The van der Waals surface area contributed by atoms with E-state index in [-0.39, 0.29) is 11.6 Å². The highest BCUT2D eigenvalue weighted by Gasteiger charge is 2.08.